The molecule has 0 radical (unpaired) electrons. The summed E-state index contributed by atoms with van der Waals surface area (Å²) in [5.41, 5.74) is 1.42. The number of aliphatic hydroxyl groups excluding tert-OH is 2. The Bertz CT molecular complexity index is 1110. The van der Waals surface area contributed by atoms with Crippen LogP contribution in [0.5, 0.6) is 0 Å². The van der Waals surface area contributed by atoms with Crippen LogP contribution in [0.2, 0.25) is 0 Å². The number of benzene rings is 2. The van der Waals surface area contributed by atoms with Gasteiger partial charge in [-0.1, -0.05) is 13.8 Å². The van der Waals surface area contributed by atoms with E-state index in [9.17, 15) is 28.6 Å². The molecule has 3 atom stereocenters. The molecular weight excluding hydrogens is 492 g/mol. The van der Waals surface area contributed by atoms with E-state index < -0.39 is 35.8 Å². The molecule has 2 amide bonds. The minimum absolute atomic E-state index is 0.104. The van der Waals surface area contributed by atoms with Crippen molar-refractivity contribution in [3.63, 3.8) is 0 Å². The van der Waals surface area contributed by atoms with Crippen molar-refractivity contribution in [2.75, 3.05) is 13.1 Å². The Morgan fingerprint density at radius 3 is 2.18 bits per heavy atom. The third-order valence-corrected chi connectivity index (χ3v) is 6.15. The van der Waals surface area contributed by atoms with Crippen molar-refractivity contribution in [2.45, 2.75) is 77.5 Å². The topological polar surface area (TPSA) is 114 Å². The number of aliphatic hydroxyl groups is 2. The summed E-state index contributed by atoms with van der Waals surface area (Å²) in [6, 6.07) is 8.56. The summed E-state index contributed by atoms with van der Waals surface area (Å²) in [5.74, 6) is -2.41. The van der Waals surface area contributed by atoms with E-state index in [0.717, 1.165) is 31.0 Å². The molecule has 3 unspecified atom stereocenters. The minimum Gasteiger partial charge on any atom is -0.390 e. The highest BCUT2D eigenvalue weighted by molar-refractivity contribution is 6.00. The Morgan fingerprint density at radius 2 is 1.61 bits per heavy atom. The van der Waals surface area contributed by atoms with Crippen molar-refractivity contribution in [2.24, 2.45) is 0 Å². The summed E-state index contributed by atoms with van der Waals surface area (Å²) in [5, 5.41) is 32.8. The van der Waals surface area contributed by atoms with Crippen LogP contribution in [0.1, 0.15) is 77.8 Å². The van der Waals surface area contributed by atoms with E-state index in [1.54, 1.807) is 24.0 Å². The fourth-order valence-electron chi connectivity index (χ4n) is 4.40. The first kappa shape index (κ1) is 30.9. The van der Waals surface area contributed by atoms with E-state index in [1.807, 2.05) is 19.9 Å². The van der Waals surface area contributed by atoms with Gasteiger partial charge in [-0.15, -0.1) is 0 Å². The molecule has 38 heavy (non-hydrogen) atoms. The number of unbranched alkanes of at least 4 members (excludes halogenated alkanes) is 1. The van der Waals surface area contributed by atoms with Gasteiger partial charge in [0.1, 0.15) is 17.7 Å². The zero-order valence-corrected chi connectivity index (χ0v) is 22.2. The number of amides is 2. The van der Waals surface area contributed by atoms with Crippen molar-refractivity contribution < 1.29 is 28.6 Å². The number of aryl methyl sites for hydroxylation is 1. The lowest BCUT2D eigenvalue weighted by Crippen LogP contribution is -2.50. The molecule has 0 spiro atoms. The van der Waals surface area contributed by atoms with E-state index in [0.29, 0.717) is 30.6 Å². The third-order valence-electron chi connectivity index (χ3n) is 6.15. The average molecular weight is 530 g/mol. The second kappa shape index (κ2) is 15.2. The average Bonchev–Trinajstić information content (AvgIpc) is 2.86. The molecule has 0 fully saturated rings. The Hall–Kier alpha value is -3.35. The maximum atomic E-state index is 13.8. The van der Waals surface area contributed by atoms with E-state index in [-0.39, 0.29) is 36.3 Å². The van der Waals surface area contributed by atoms with Crippen LogP contribution in [0.15, 0.2) is 36.4 Å². The summed E-state index contributed by atoms with van der Waals surface area (Å²) in [7, 11) is 0. The van der Waals surface area contributed by atoms with Gasteiger partial charge in [-0.05, 0) is 80.5 Å². The quantitative estimate of drug-likeness (QED) is 0.316. The Kier molecular flexibility index (Phi) is 12.3. The molecule has 3 N–H and O–H groups in total. The molecule has 0 aliphatic rings. The Balaban J connectivity index is 2.33. The predicted molar refractivity (Wildman–Crippen MR) is 140 cm³/mol. The highest BCUT2D eigenvalue weighted by Crippen LogP contribution is 2.18. The van der Waals surface area contributed by atoms with Gasteiger partial charge >= 0.3 is 0 Å². The van der Waals surface area contributed by atoms with Gasteiger partial charge in [-0.2, -0.15) is 5.26 Å². The summed E-state index contributed by atoms with van der Waals surface area (Å²) < 4.78 is 27.6. The zero-order chi connectivity index (χ0) is 28.2. The van der Waals surface area contributed by atoms with E-state index in [4.69, 9.17) is 5.26 Å². The fourth-order valence-corrected chi connectivity index (χ4v) is 4.40. The summed E-state index contributed by atoms with van der Waals surface area (Å²) in [6.45, 7) is 6.90. The molecular formula is C29H37F2N3O4. The monoisotopic (exact) mass is 529 g/mol. The molecule has 7 nitrogen and oxygen atoms in total. The van der Waals surface area contributed by atoms with Gasteiger partial charge in [-0.25, -0.2) is 8.78 Å². The van der Waals surface area contributed by atoms with Crippen LogP contribution in [0.25, 0.3) is 0 Å². The summed E-state index contributed by atoms with van der Waals surface area (Å²) in [6.07, 6.45) is -0.703. The SMILES string of the molecule is CCCN(CCC)C(=O)c1cc(C)cc(C(=O)NC(Cc2cc(F)cc(F)c2)C(O)C(O)CCCC#N)c1. The standard InChI is InChI=1S/C29H37F2N3O4/c1-4-10-34(11-5-2)29(38)22-13-19(3)12-21(17-22)28(37)33-25(27(36)26(35)8-6-7-9-32)16-20-14-23(30)18-24(31)15-20/h12-15,17-18,25-27,35-36H,4-8,10-11,16H2,1-3H3,(H,33,37). The Labute approximate surface area is 223 Å². The van der Waals surface area contributed by atoms with Crippen LogP contribution in [0, 0.1) is 29.9 Å². The lowest BCUT2D eigenvalue weighted by atomic mass is 9.94. The first-order valence-corrected chi connectivity index (χ1v) is 13.0. The number of nitriles is 1. The summed E-state index contributed by atoms with van der Waals surface area (Å²) >= 11 is 0. The van der Waals surface area contributed by atoms with Crippen molar-refractivity contribution in [3.05, 3.63) is 70.3 Å². The summed E-state index contributed by atoms with van der Waals surface area (Å²) in [4.78, 5) is 28.2. The van der Waals surface area contributed by atoms with Gasteiger partial charge < -0.3 is 20.4 Å². The highest BCUT2D eigenvalue weighted by atomic mass is 19.1. The molecule has 2 rings (SSSR count). The number of carbonyl (C=O) groups excluding carboxylic acids is 2. The second-order valence-corrected chi connectivity index (χ2v) is 9.55. The molecule has 0 saturated heterocycles. The van der Waals surface area contributed by atoms with Crippen LogP contribution in [0.4, 0.5) is 8.78 Å². The number of nitrogens with one attached hydrogen (secondary N) is 1. The maximum Gasteiger partial charge on any atom is 0.253 e. The number of rotatable bonds is 14. The normalized spacial score (nSPS) is 13.3. The minimum atomic E-state index is -1.47. The number of carbonyl (C=O) groups is 2. The molecule has 0 bridgehead atoms. The van der Waals surface area contributed by atoms with E-state index in [2.05, 4.69) is 5.32 Å². The molecule has 0 aliphatic heterocycles. The third kappa shape index (κ3) is 9.19. The molecule has 0 saturated carbocycles. The molecule has 0 aromatic heterocycles. The van der Waals surface area contributed by atoms with Crippen LogP contribution >= 0.6 is 0 Å². The lowest BCUT2D eigenvalue weighted by Gasteiger charge is -2.28. The van der Waals surface area contributed by atoms with Gasteiger partial charge in [-0.3, -0.25) is 9.59 Å². The van der Waals surface area contributed by atoms with Crippen molar-refractivity contribution in [1.82, 2.24) is 10.2 Å². The molecule has 206 valence electrons. The first-order chi connectivity index (χ1) is 18.1. The number of halogens is 2. The number of nitrogens with zero attached hydrogens (tertiary/aromatic N) is 2. The predicted octanol–water partition coefficient (Wildman–Crippen LogP) is 4.29. The van der Waals surface area contributed by atoms with Crippen LogP contribution < -0.4 is 5.32 Å². The van der Waals surface area contributed by atoms with Gasteiger partial charge in [0.15, 0.2) is 0 Å². The zero-order valence-electron chi connectivity index (χ0n) is 22.2. The first-order valence-electron chi connectivity index (χ1n) is 13.0. The number of hydrogen-bond donors (Lipinski definition) is 3. The van der Waals surface area contributed by atoms with Gasteiger partial charge in [0.25, 0.3) is 11.8 Å². The van der Waals surface area contributed by atoms with Crippen LogP contribution in [0.3, 0.4) is 0 Å². The van der Waals surface area contributed by atoms with E-state index >= 15 is 0 Å². The molecule has 9 heteroatoms. The van der Waals surface area contributed by atoms with Crippen LogP contribution in [-0.2, 0) is 6.42 Å². The molecule has 2 aromatic rings. The molecule has 2 aromatic carbocycles. The lowest BCUT2D eigenvalue weighted by molar-refractivity contribution is -0.00790. The van der Waals surface area contributed by atoms with Crippen LogP contribution in [-0.4, -0.2) is 58.3 Å². The van der Waals surface area contributed by atoms with Gasteiger partial charge in [0, 0.05) is 36.7 Å². The molecule has 0 aliphatic carbocycles. The van der Waals surface area contributed by atoms with Crippen molar-refractivity contribution >= 4 is 11.8 Å². The van der Waals surface area contributed by atoms with Gasteiger partial charge in [0.05, 0.1) is 18.2 Å². The smallest absolute Gasteiger partial charge is 0.253 e. The second-order valence-electron chi connectivity index (χ2n) is 9.55. The van der Waals surface area contributed by atoms with Crippen molar-refractivity contribution in [1.29, 1.82) is 5.26 Å². The Morgan fingerprint density at radius 1 is 1.00 bits per heavy atom. The van der Waals surface area contributed by atoms with Crippen molar-refractivity contribution in [3.8, 4) is 6.07 Å². The highest BCUT2D eigenvalue weighted by Gasteiger charge is 2.29. The van der Waals surface area contributed by atoms with Gasteiger partial charge in [0.2, 0.25) is 0 Å². The number of hydrogen-bond acceptors (Lipinski definition) is 5. The fraction of sp³-hybridized carbons (Fsp3) is 0.483. The van der Waals surface area contributed by atoms with E-state index in [1.165, 1.54) is 6.07 Å². The maximum absolute atomic E-state index is 13.8. The largest absolute Gasteiger partial charge is 0.390 e. The molecule has 0 heterocycles.